The van der Waals surface area contributed by atoms with E-state index >= 15 is 0 Å². The third kappa shape index (κ3) is 1.78. The highest BCUT2D eigenvalue weighted by Crippen LogP contribution is 2.15. The molecule has 14 heavy (non-hydrogen) atoms. The molecule has 0 saturated carbocycles. The first kappa shape index (κ1) is 8.84. The maximum atomic E-state index is 5.55. The molecule has 2 N–H and O–H groups in total. The van der Waals surface area contributed by atoms with Crippen molar-refractivity contribution in [1.82, 2.24) is 9.97 Å². The summed E-state index contributed by atoms with van der Waals surface area (Å²) in [6.45, 7) is 0.537. The van der Waals surface area contributed by atoms with Crippen LogP contribution in [0.1, 0.15) is 5.56 Å². The zero-order valence-corrected chi connectivity index (χ0v) is 7.72. The van der Waals surface area contributed by atoms with Gasteiger partial charge in [-0.15, -0.1) is 0 Å². The maximum absolute atomic E-state index is 5.55. The van der Waals surface area contributed by atoms with Gasteiger partial charge in [0.2, 0.25) is 0 Å². The highest BCUT2D eigenvalue weighted by molar-refractivity contribution is 5.58. The fourth-order valence-electron chi connectivity index (χ4n) is 1.27. The lowest BCUT2D eigenvalue weighted by Gasteiger charge is -2.01. The van der Waals surface area contributed by atoms with Gasteiger partial charge in [0.25, 0.3) is 0 Å². The molecule has 0 spiro atoms. The van der Waals surface area contributed by atoms with Crippen molar-refractivity contribution < 1.29 is 0 Å². The van der Waals surface area contributed by atoms with E-state index in [0.717, 1.165) is 16.8 Å². The van der Waals surface area contributed by atoms with Crippen molar-refractivity contribution in [3.63, 3.8) is 0 Å². The lowest BCUT2D eigenvalue weighted by molar-refractivity contribution is 1.06. The molecule has 0 aliphatic heterocycles. The van der Waals surface area contributed by atoms with Crippen LogP contribution in [0.2, 0.25) is 0 Å². The van der Waals surface area contributed by atoms with Gasteiger partial charge in [-0.25, -0.2) is 0 Å². The highest BCUT2D eigenvalue weighted by atomic mass is 14.7. The quantitative estimate of drug-likeness (QED) is 0.773. The lowest BCUT2D eigenvalue weighted by atomic mass is 10.1. The monoisotopic (exact) mass is 185 g/mol. The average Bonchev–Trinajstić information content (AvgIpc) is 2.30. The SMILES string of the molecule is NCc1ccnc(-c2cccnc2)c1. The van der Waals surface area contributed by atoms with E-state index in [2.05, 4.69) is 9.97 Å². The molecular formula is C11H11N3. The normalized spacial score (nSPS) is 10.1. The molecule has 3 nitrogen and oxygen atoms in total. The minimum absolute atomic E-state index is 0.537. The Morgan fingerprint density at radius 3 is 2.86 bits per heavy atom. The predicted molar refractivity (Wildman–Crippen MR) is 55.4 cm³/mol. The molecule has 0 atom stereocenters. The van der Waals surface area contributed by atoms with Gasteiger partial charge in [-0.05, 0) is 29.8 Å². The van der Waals surface area contributed by atoms with Crippen LogP contribution in [0.25, 0.3) is 11.3 Å². The lowest BCUT2D eigenvalue weighted by Crippen LogP contribution is -1.97. The average molecular weight is 185 g/mol. The number of nitrogens with zero attached hydrogens (tertiary/aromatic N) is 2. The Morgan fingerprint density at radius 2 is 2.14 bits per heavy atom. The van der Waals surface area contributed by atoms with Crippen molar-refractivity contribution in [3.8, 4) is 11.3 Å². The van der Waals surface area contributed by atoms with Crippen LogP contribution in [-0.4, -0.2) is 9.97 Å². The van der Waals surface area contributed by atoms with Gasteiger partial charge < -0.3 is 5.73 Å². The molecular weight excluding hydrogens is 174 g/mol. The Morgan fingerprint density at radius 1 is 1.21 bits per heavy atom. The molecule has 0 bridgehead atoms. The fourth-order valence-corrected chi connectivity index (χ4v) is 1.27. The molecule has 0 unspecified atom stereocenters. The van der Waals surface area contributed by atoms with Crippen LogP contribution in [0.5, 0.6) is 0 Å². The van der Waals surface area contributed by atoms with Gasteiger partial charge in [0.05, 0.1) is 5.69 Å². The number of pyridine rings is 2. The molecule has 0 aliphatic carbocycles. The molecule has 2 aromatic heterocycles. The Labute approximate surface area is 82.6 Å². The molecule has 2 heterocycles. The van der Waals surface area contributed by atoms with Crippen molar-refractivity contribution in [2.75, 3.05) is 0 Å². The highest BCUT2D eigenvalue weighted by Gasteiger charge is 1.98. The fraction of sp³-hybridized carbons (Fsp3) is 0.0909. The number of aromatic nitrogens is 2. The van der Waals surface area contributed by atoms with Crippen LogP contribution in [0, 0.1) is 0 Å². The van der Waals surface area contributed by atoms with Crippen molar-refractivity contribution >= 4 is 0 Å². The Balaban J connectivity index is 2.42. The summed E-state index contributed by atoms with van der Waals surface area (Å²) in [7, 11) is 0. The second kappa shape index (κ2) is 3.98. The van der Waals surface area contributed by atoms with Crippen LogP contribution >= 0.6 is 0 Å². The number of rotatable bonds is 2. The number of hydrogen-bond acceptors (Lipinski definition) is 3. The number of hydrogen-bond donors (Lipinski definition) is 1. The van der Waals surface area contributed by atoms with Crippen molar-refractivity contribution in [1.29, 1.82) is 0 Å². The summed E-state index contributed by atoms with van der Waals surface area (Å²) in [6, 6.07) is 7.78. The van der Waals surface area contributed by atoms with Gasteiger partial charge >= 0.3 is 0 Å². The van der Waals surface area contributed by atoms with Gasteiger partial charge in [-0.3, -0.25) is 9.97 Å². The van der Waals surface area contributed by atoms with Crippen molar-refractivity contribution in [2.45, 2.75) is 6.54 Å². The molecule has 0 saturated heterocycles. The van der Waals surface area contributed by atoms with Gasteiger partial charge in [-0.2, -0.15) is 0 Å². The third-order valence-corrected chi connectivity index (χ3v) is 2.02. The second-order valence-corrected chi connectivity index (χ2v) is 3.00. The number of nitrogens with two attached hydrogens (primary N) is 1. The summed E-state index contributed by atoms with van der Waals surface area (Å²) in [5.74, 6) is 0. The Kier molecular flexibility index (Phi) is 2.51. The Hall–Kier alpha value is -1.74. The van der Waals surface area contributed by atoms with E-state index < -0.39 is 0 Å². The third-order valence-electron chi connectivity index (χ3n) is 2.02. The molecule has 0 amide bonds. The van der Waals surface area contributed by atoms with Gasteiger partial charge in [0.15, 0.2) is 0 Å². The summed E-state index contributed by atoms with van der Waals surface area (Å²) >= 11 is 0. The van der Waals surface area contributed by atoms with E-state index in [0.29, 0.717) is 6.54 Å². The molecule has 2 aromatic rings. The van der Waals surface area contributed by atoms with Crippen molar-refractivity contribution in [3.05, 3.63) is 48.4 Å². The van der Waals surface area contributed by atoms with Gasteiger partial charge in [0.1, 0.15) is 0 Å². The van der Waals surface area contributed by atoms with Gasteiger partial charge in [0, 0.05) is 30.7 Å². The molecule has 0 radical (unpaired) electrons. The standard InChI is InChI=1S/C11H11N3/c12-7-9-3-5-14-11(6-9)10-2-1-4-13-8-10/h1-6,8H,7,12H2. The summed E-state index contributed by atoms with van der Waals surface area (Å²) in [5, 5.41) is 0. The molecule has 0 aromatic carbocycles. The van der Waals surface area contributed by atoms with Crippen LogP contribution in [0.15, 0.2) is 42.9 Å². The molecule has 0 aliphatic rings. The summed E-state index contributed by atoms with van der Waals surface area (Å²) in [4.78, 5) is 8.31. The van der Waals surface area contributed by atoms with Crippen molar-refractivity contribution in [2.24, 2.45) is 5.73 Å². The minimum atomic E-state index is 0.537. The molecule has 0 fully saturated rings. The van der Waals surface area contributed by atoms with Crippen LogP contribution in [-0.2, 0) is 6.54 Å². The van der Waals surface area contributed by atoms with E-state index in [1.165, 1.54) is 0 Å². The summed E-state index contributed by atoms with van der Waals surface area (Å²) in [5.41, 5.74) is 8.57. The zero-order chi connectivity index (χ0) is 9.80. The largest absolute Gasteiger partial charge is 0.326 e. The summed E-state index contributed by atoms with van der Waals surface area (Å²) in [6.07, 6.45) is 5.31. The Bertz CT molecular complexity index is 412. The molecule has 2 rings (SSSR count). The van der Waals surface area contributed by atoms with Crippen LogP contribution < -0.4 is 5.73 Å². The second-order valence-electron chi connectivity index (χ2n) is 3.00. The van der Waals surface area contributed by atoms with E-state index in [1.54, 1.807) is 18.6 Å². The molecule has 3 heteroatoms. The molecule has 70 valence electrons. The van der Waals surface area contributed by atoms with Gasteiger partial charge in [-0.1, -0.05) is 0 Å². The van der Waals surface area contributed by atoms with E-state index in [9.17, 15) is 0 Å². The zero-order valence-electron chi connectivity index (χ0n) is 7.72. The first-order valence-electron chi connectivity index (χ1n) is 4.45. The first-order valence-corrected chi connectivity index (χ1v) is 4.45. The predicted octanol–water partition coefficient (Wildman–Crippen LogP) is 1.60. The van der Waals surface area contributed by atoms with E-state index in [-0.39, 0.29) is 0 Å². The first-order chi connectivity index (χ1) is 6.90. The van der Waals surface area contributed by atoms with Crippen LogP contribution in [0.3, 0.4) is 0 Å². The van der Waals surface area contributed by atoms with E-state index in [4.69, 9.17) is 5.73 Å². The van der Waals surface area contributed by atoms with Crippen LogP contribution in [0.4, 0.5) is 0 Å². The maximum Gasteiger partial charge on any atom is 0.0720 e. The minimum Gasteiger partial charge on any atom is -0.326 e. The smallest absolute Gasteiger partial charge is 0.0720 e. The van der Waals surface area contributed by atoms with E-state index in [1.807, 2.05) is 24.3 Å². The topological polar surface area (TPSA) is 51.8 Å². The summed E-state index contributed by atoms with van der Waals surface area (Å²) < 4.78 is 0.